The summed E-state index contributed by atoms with van der Waals surface area (Å²) in [5.74, 6) is -0.149. The van der Waals surface area contributed by atoms with Crippen LogP contribution in [0.4, 0.5) is 0 Å². The standard InChI is InChI=1S/C21H20N2O2/c24-15-12-20(18-4-2-1-3-5-18)23-21(25)19-8-6-16(7-9-19)17-10-13-22-14-11-17/h1-11,13-14,20,24H,12,15H2,(H,23,25)/t20-/m1/s1. The molecule has 3 rings (SSSR count). The number of aromatic nitrogens is 1. The molecule has 0 radical (unpaired) electrons. The first-order valence-electron chi connectivity index (χ1n) is 8.25. The third-order valence-electron chi connectivity index (χ3n) is 4.09. The molecule has 0 aliphatic heterocycles. The molecule has 0 unspecified atom stereocenters. The van der Waals surface area contributed by atoms with E-state index in [0.717, 1.165) is 16.7 Å². The molecule has 1 aromatic heterocycles. The van der Waals surface area contributed by atoms with Gasteiger partial charge in [0, 0.05) is 24.6 Å². The highest BCUT2D eigenvalue weighted by Crippen LogP contribution is 2.20. The molecule has 2 aromatic carbocycles. The zero-order valence-corrected chi connectivity index (χ0v) is 13.8. The topological polar surface area (TPSA) is 62.2 Å². The van der Waals surface area contributed by atoms with Crippen LogP contribution in [0.3, 0.4) is 0 Å². The molecule has 1 heterocycles. The maximum absolute atomic E-state index is 12.5. The van der Waals surface area contributed by atoms with Gasteiger partial charge in [-0.25, -0.2) is 0 Å². The van der Waals surface area contributed by atoms with E-state index in [1.807, 2.05) is 66.7 Å². The molecule has 0 spiro atoms. The summed E-state index contributed by atoms with van der Waals surface area (Å²) in [6.07, 6.45) is 3.97. The average Bonchev–Trinajstić information content (AvgIpc) is 2.69. The van der Waals surface area contributed by atoms with Crippen molar-refractivity contribution in [3.05, 3.63) is 90.3 Å². The Kier molecular flexibility index (Phi) is 5.54. The van der Waals surface area contributed by atoms with E-state index in [1.165, 1.54) is 0 Å². The molecule has 1 amide bonds. The van der Waals surface area contributed by atoms with Gasteiger partial charge in [-0.1, -0.05) is 42.5 Å². The number of aliphatic hydroxyl groups is 1. The van der Waals surface area contributed by atoms with Crippen LogP contribution in [0.25, 0.3) is 11.1 Å². The molecule has 0 aliphatic carbocycles. The van der Waals surface area contributed by atoms with E-state index < -0.39 is 0 Å². The summed E-state index contributed by atoms with van der Waals surface area (Å²) in [5.41, 5.74) is 3.67. The van der Waals surface area contributed by atoms with Gasteiger partial charge in [0.15, 0.2) is 0 Å². The van der Waals surface area contributed by atoms with Gasteiger partial charge in [0.2, 0.25) is 0 Å². The largest absolute Gasteiger partial charge is 0.396 e. The van der Waals surface area contributed by atoms with Crippen LogP contribution < -0.4 is 5.32 Å². The second kappa shape index (κ2) is 8.22. The first-order chi connectivity index (χ1) is 12.3. The van der Waals surface area contributed by atoms with Crippen molar-refractivity contribution in [2.45, 2.75) is 12.5 Å². The molecule has 0 aliphatic rings. The lowest BCUT2D eigenvalue weighted by atomic mass is 10.0. The van der Waals surface area contributed by atoms with Gasteiger partial charge in [0.1, 0.15) is 0 Å². The lowest BCUT2D eigenvalue weighted by molar-refractivity contribution is 0.0930. The molecule has 25 heavy (non-hydrogen) atoms. The van der Waals surface area contributed by atoms with Gasteiger partial charge in [0.25, 0.3) is 5.91 Å². The van der Waals surface area contributed by atoms with Gasteiger partial charge in [-0.2, -0.15) is 0 Å². The fraction of sp³-hybridized carbons (Fsp3) is 0.143. The quantitative estimate of drug-likeness (QED) is 0.725. The molecular weight excluding hydrogens is 312 g/mol. The molecule has 1 atom stereocenters. The van der Waals surface area contributed by atoms with Crippen molar-refractivity contribution in [3.8, 4) is 11.1 Å². The number of hydrogen-bond donors (Lipinski definition) is 2. The Balaban J connectivity index is 1.74. The van der Waals surface area contributed by atoms with Crippen molar-refractivity contribution < 1.29 is 9.90 Å². The summed E-state index contributed by atoms with van der Waals surface area (Å²) in [5, 5.41) is 12.3. The Morgan fingerprint density at radius 1 is 0.920 bits per heavy atom. The molecule has 126 valence electrons. The van der Waals surface area contributed by atoms with Crippen LogP contribution in [-0.4, -0.2) is 22.6 Å². The Hall–Kier alpha value is -2.98. The van der Waals surface area contributed by atoms with Crippen LogP contribution in [0.2, 0.25) is 0 Å². The lowest BCUT2D eigenvalue weighted by Crippen LogP contribution is -2.29. The van der Waals surface area contributed by atoms with E-state index in [-0.39, 0.29) is 18.6 Å². The molecule has 4 heteroatoms. The highest BCUT2D eigenvalue weighted by Gasteiger charge is 2.15. The molecular formula is C21H20N2O2. The van der Waals surface area contributed by atoms with Crippen molar-refractivity contribution >= 4 is 5.91 Å². The Morgan fingerprint density at radius 3 is 2.20 bits per heavy atom. The number of nitrogens with one attached hydrogen (secondary N) is 1. The van der Waals surface area contributed by atoms with E-state index in [9.17, 15) is 9.90 Å². The smallest absolute Gasteiger partial charge is 0.251 e. The van der Waals surface area contributed by atoms with E-state index in [4.69, 9.17) is 0 Å². The van der Waals surface area contributed by atoms with E-state index in [1.54, 1.807) is 12.4 Å². The van der Waals surface area contributed by atoms with Crippen molar-refractivity contribution in [1.29, 1.82) is 0 Å². The van der Waals surface area contributed by atoms with E-state index >= 15 is 0 Å². The highest BCUT2D eigenvalue weighted by molar-refractivity contribution is 5.95. The van der Waals surface area contributed by atoms with Crippen LogP contribution in [-0.2, 0) is 0 Å². The molecule has 4 nitrogen and oxygen atoms in total. The molecule has 2 N–H and O–H groups in total. The van der Waals surface area contributed by atoms with Gasteiger partial charge >= 0.3 is 0 Å². The maximum atomic E-state index is 12.5. The van der Waals surface area contributed by atoms with Gasteiger partial charge < -0.3 is 10.4 Å². The van der Waals surface area contributed by atoms with Crippen molar-refractivity contribution in [2.75, 3.05) is 6.61 Å². The molecule has 0 bridgehead atoms. The Labute approximate surface area is 147 Å². The van der Waals surface area contributed by atoms with Crippen LogP contribution in [0.1, 0.15) is 28.4 Å². The number of amides is 1. The minimum absolute atomic E-state index is 0.0147. The molecule has 0 fully saturated rings. The second-order valence-corrected chi connectivity index (χ2v) is 5.76. The van der Waals surface area contributed by atoms with E-state index in [2.05, 4.69) is 10.3 Å². The molecule has 0 saturated carbocycles. The van der Waals surface area contributed by atoms with Crippen molar-refractivity contribution in [2.24, 2.45) is 0 Å². The highest BCUT2D eigenvalue weighted by atomic mass is 16.3. The zero-order valence-electron chi connectivity index (χ0n) is 13.8. The number of carbonyl (C=O) groups excluding carboxylic acids is 1. The monoisotopic (exact) mass is 332 g/mol. The molecule has 0 saturated heterocycles. The minimum atomic E-state index is -0.210. The van der Waals surface area contributed by atoms with Gasteiger partial charge in [0.05, 0.1) is 6.04 Å². The molecule has 3 aromatic rings. The van der Waals surface area contributed by atoms with Crippen molar-refractivity contribution in [1.82, 2.24) is 10.3 Å². The summed E-state index contributed by atoms with van der Waals surface area (Å²) in [7, 11) is 0. The normalized spacial score (nSPS) is 11.7. The number of nitrogens with zero attached hydrogens (tertiary/aromatic N) is 1. The zero-order chi connectivity index (χ0) is 17.5. The summed E-state index contributed by atoms with van der Waals surface area (Å²) in [6.45, 7) is 0.0147. The SMILES string of the molecule is O=C(N[C@H](CCO)c1ccccc1)c1ccc(-c2ccncc2)cc1. The number of benzene rings is 2. The van der Waals surface area contributed by atoms with Crippen LogP contribution >= 0.6 is 0 Å². The summed E-state index contributed by atoms with van der Waals surface area (Å²) < 4.78 is 0. The van der Waals surface area contributed by atoms with Crippen molar-refractivity contribution in [3.63, 3.8) is 0 Å². The first-order valence-corrected chi connectivity index (χ1v) is 8.25. The van der Waals surface area contributed by atoms with Crippen LogP contribution in [0, 0.1) is 0 Å². The second-order valence-electron chi connectivity index (χ2n) is 5.76. The third kappa shape index (κ3) is 4.31. The predicted molar refractivity (Wildman–Crippen MR) is 98.0 cm³/mol. The first kappa shape index (κ1) is 16.9. The third-order valence-corrected chi connectivity index (χ3v) is 4.09. The van der Waals surface area contributed by atoms with Gasteiger partial charge in [-0.3, -0.25) is 9.78 Å². The Morgan fingerprint density at radius 2 is 1.56 bits per heavy atom. The van der Waals surface area contributed by atoms with Gasteiger partial charge in [-0.15, -0.1) is 0 Å². The minimum Gasteiger partial charge on any atom is -0.396 e. The number of carbonyl (C=O) groups is 1. The summed E-state index contributed by atoms with van der Waals surface area (Å²) in [4.78, 5) is 16.6. The summed E-state index contributed by atoms with van der Waals surface area (Å²) >= 11 is 0. The summed E-state index contributed by atoms with van der Waals surface area (Å²) in [6, 6.07) is 20.8. The van der Waals surface area contributed by atoms with Crippen LogP contribution in [0.15, 0.2) is 79.1 Å². The maximum Gasteiger partial charge on any atom is 0.251 e. The number of rotatable bonds is 6. The van der Waals surface area contributed by atoms with E-state index in [0.29, 0.717) is 12.0 Å². The predicted octanol–water partition coefficient (Wildman–Crippen LogP) is 3.60. The van der Waals surface area contributed by atoms with Gasteiger partial charge in [-0.05, 0) is 47.4 Å². The number of hydrogen-bond acceptors (Lipinski definition) is 3. The average molecular weight is 332 g/mol. The van der Waals surface area contributed by atoms with Crippen LogP contribution in [0.5, 0.6) is 0 Å². The Bertz CT molecular complexity index is 802. The number of aliphatic hydroxyl groups excluding tert-OH is 1. The lowest BCUT2D eigenvalue weighted by Gasteiger charge is -2.18. The fourth-order valence-electron chi connectivity index (χ4n) is 2.74. The number of pyridine rings is 1. The fourth-order valence-corrected chi connectivity index (χ4v) is 2.74.